The highest BCUT2D eigenvalue weighted by atomic mass is 16.1. The fourth-order valence-corrected chi connectivity index (χ4v) is 1.44. The first-order chi connectivity index (χ1) is 7.29. The summed E-state index contributed by atoms with van der Waals surface area (Å²) in [6.07, 6.45) is 2.71. The van der Waals surface area contributed by atoms with Crippen LogP contribution in [0.4, 0.5) is 0 Å². The zero-order valence-corrected chi connectivity index (χ0v) is 7.26. The molecule has 0 aromatic carbocycles. The van der Waals surface area contributed by atoms with E-state index in [0.717, 1.165) is 0 Å². The van der Waals surface area contributed by atoms with Crippen LogP contribution in [0.1, 0.15) is 32.4 Å². The van der Waals surface area contributed by atoms with Crippen LogP contribution < -0.4 is 0 Å². The van der Waals surface area contributed by atoms with Crippen LogP contribution in [0, 0.1) is 0 Å². The summed E-state index contributed by atoms with van der Waals surface area (Å²) in [4.78, 5) is 31.1. The number of aromatic amines is 1. The molecule has 15 heavy (non-hydrogen) atoms. The van der Waals surface area contributed by atoms with E-state index in [-0.39, 0.29) is 22.8 Å². The minimum atomic E-state index is -0.429. The van der Waals surface area contributed by atoms with Gasteiger partial charge in [0, 0.05) is 12.4 Å². The quantitative estimate of drug-likeness (QED) is 0.519. The lowest BCUT2D eigenvalue weighted by Gasteiger charge is -2.08. The molecule has 0 unspecified atom stereocenters. The van der Waals surface area contributed by atoms with Crippen molar-refractivity contribution in [3.8, 4) is 0 Å². The first-order valence-electron chi connectivity index (χ1n) is 4.10. The number of carbonyl (C=O) groups is 2. The Bertz CT molecular complexity index is 539. The van der Waals surface area contributed by atoms with Crippen LogP contribution in [0.2, 0.25) is 0 Å². The van der Waals surface area contributed by atoms with Crippen LogP contribution in [0.15, 0.2) is 12.4 Å². The number of rotatable bonds is 0. The van der Waals surface area contributed by atoms with E-state index in [1.165, 1.54) is 12.4 Å². The van der Waals surface area contributed by atoms with E-state index in [1.54, 1.807) is 0 Å². The minimum Gasteiger partial charge on any atom is -0.285 e. The van der Waals surface area contributed by atoms with Crippen LogP contribution in [0.3, 0.4) is 0 Å². The van der Waals surface area contributed by atoms with Gasteiger partial charge >= 0.3 is 0 Å². The number of hydrogen-bond donors (Lipinski definition) is 1. The predicted octanol–water partition coefficient (Wildman–Crippen LogP) is -0.630. The maximum atomic E-state index is 11.7. The van der Waals surface area contributed by atoms with Crippen LogP contribution in [-0.2, 0) is 0 Å². The molecule has 3 rings (SSSR count). The second-order valence-corrected chi connectivity index (χ2v) is 2.93. The molecule has 0 atom stereocenters. The van der Waals surface area contributed by atoms with Crippen molar-refractivity contribution in [1.82, 2.24) is 25.4 Å². The number of aromatic nitrogens is 5. The van der Waals surface area contributed by atoms with Gasteiger partial charge in [0.05, 0.1) is 0 Å². The molecule has 0 radical (unpaired) electrons. The Morgan fingerprint density at radius 1 is 0.800 bits per heavy atom. The largest absolute Gasteiger partial charge is 0.285 e. The molecule has 7 nitrogen and oxygen atoms in total. The molecule has 0 saturated heterocycles. The number of ketones is 2. The Morgan fingerprint density at radius 2 is 1.27 bits per heavy atom. The van der Waals surface area contributed by atoms with Gasteiger partial charge in [0.15, 0.2) is 11.4 Å². The van der Waals surface area contributed by atoms with Gasteiger partial charge < -0.3 is 0 Å². The minimum absolute atomic E-state index is 0.00741. The molecule has 1 N–H and O–H groups in total. The zero-order chi connectivity index (χ0) is 10.4. The van der Waals surface area contributed by atoms with Crippen molar-refractivity contribution in [2.75, 3.05) is 0 Å². The molecule has 1 aliphatic rings. The third kappa shape index (κ3) is 0.885. The molecule has 2 heterocycles. The maximum absolute atomic E-state index is 11.7. The van der Waals surface area contributed by atoms with Gasteiger partial charge in [0.2, 0.25) is 11.6 Å². The van der Waals surface area contributed by atoms with Gasteiger partial charge in [-0.3, -0.25) is 9.59 Å². The smallest absolute Gasteiger partial charge is 0.236 e. The summed E-state index contributed by atoms with van der Waals surface area (Å²) in [7, 11) is 0. The van der Waals surface area contributed by atoms with Crippen molar-refractivity contribution < 1.29 is 9.59 Å². The average molecular weight is 201 g/mol. The molecular formula is C8H3N5O2. The summed E-state index contributed by atoms with van der Waals surface area (Å²) in [6.45, 7) is 0. The van der Waals surface area contributed by atoms with Gasteiger partial charge in [0.25, 0.3) is 0 Å². The molecule has 0 saturated carbocycles. The van der Waals surface area contributed by atoms with E-state index >= 15 is 0 Å². The van der Waals surface area contributed by atoms with Crippen molar-refractivity contribution in [3.63, 3.8) is 0 Å². The van der Waals surface area contributed by atoms with E-state index in [4.69, 9.17) is 0 Å². The van der Waals surface area contributed by atoms with Gasteiger partial charge in [-0.25, -0.2) is 9.97 Å². The highest BCUT2D eigenvalue weighted by Gasteiger charge is 2.35. The van der Waals surface area contributed by atoms with E-state index in [1.807, 2.05) is 0 Å². The number of nitrogens with zero attached hydrogens (tertiary/aromatic N) is 4. The molecule has 0 fully saturated rings. The van der Waals surface area contributed by atoms with Crippen molar-refractivity contribution in [2.24, 2.45) is 0 Å². The molecule has 0 amide bonds. The molecule has 0 bridgehead atoms. The molecule has 0 aliphatic heterocycles. The average Bonchev–Trinajstić information content (AvgIpc) is 2.75. The first kappa shape index (κ1) is 7.92. The highest BCUT2D eigenvalue weighted by Crippen LogP contribution is 2.20. The Labute approximate surface area is 82.6 Å². The van der Waals surface area contributed by atoms with Crippen LogP contribution in [0.25, 0.3) is 0 Å². The summed E-state index contributed by atoms with van der Waals surface area (Å²) in [6, 6.07) is 0. The van der Waals surface area contributed by atoms with Gasteiger partial charge in [-0.05, 0) is 0 Å². The second-order valence-electron chi connectivity index (χ2n) is 2.93. The Balaban J connectivity index is 2.36. The first-order valence-corrected chi connectivity index (χ1v) is 4.10. The van der Waals surface area contributed by atoms with Gasteiger partial charge in [-0.1, -0.05) is 0 Å². The van der Waals surface area contributed by atoms with E-state index < -0.39 is 11.6 Å². The van der Waals surface area contributed by atoms with Gasteiger partial charge in [-0.2, -0.15) is 15.4 Å². The van der Waals surface area contributed by atoms with Crippen molar-refractivity contribution in [1.29, 1.82) is 0 Å². The maximum Gasteiger partial charge on any atom is 0.236 e. The molecule has 2 aromatic rings. The summed E-state index contributed by atoms with van der Waals surface area (Å²) in [5.74, 6) is -0.858. The summed E-state index contributed by atoms with van der Waals surface area (Å²) < 4.78 is 0. The number of hydrogen-bond acceptors (Lipinski definition) is 6. The van der Waals surface area contributed by atoms with Crippen LogP contribution in [-0.4, -0.2) is 36.9 Å². The normalized spacial score (nSPS) is 13.6. The SMILES string of the molecule is O=C1c2nccnc2C(=O)c2n[nH]nc21. The lowest BCUT2D eigenvalue weighted by atomic mass is 9.99. The number of nitrogens with one attached hydrogen (secondary N) is 1. The fourth-order valence-electron chi connectivity index (χ4n) is 1.44. The summed E-state index contributed by atoms with van der Waals surface area (Å²) in [5, 5.41) is 9.46. The van der Waals surface area contributed by atoms with Crippen molar-refractivity contribution in [3.05, 3.63) is 35.2 Å². The summed E-state index contributed by atoms with van der Waals surface area (Å²) >= 11 is 0. The second kappa shape index (κ2) is 2.53. The molecule has 2 aromatic heterocycles. The van der Waals surface area contributed by atoms with Crippen LogP contribution >= 0.6 is 0 Å². The standard InChI is InChI=1S/C8H3N5O2/c14-7-3-4(10-2-1-9-3)8(15)6-5(7)11-13-12-6/h1-2H,(H,11,12,13). The lowest BCUT2D eigenvalue weighted by molar-refractivity contribution is 0.0966. The molecular weight excluding hydrogens is 198 g/mol. The number of carbonyl (C=O) groups excluding carboxylic acids is 2. The molecule has 1 aliphatic carbocycles. The number of fused-ring (bicyclic) bond motifs is 2. The van der Waals surface area contributed by atoms with Crippen molar-refractivity contribution in [2.45, 2.75) is 0 Å². The third-order valence-corrected chi connectivity index (χ3v) is 2.11. The lowest BCUT2D eigenvalue weighted by Crippen LogP contribution is -2.23. The van der Waals surface area contributed by atoms with E-state index in [9.17, 15) is 9.59 Å². The summed E-state index contributed by atoms with van der Waals surface area (Å²) in [5.41, 5.74) is 0.0776. The van der Waals surface area contributed by atoms with Gasteiger partial charge in [-0.15, -0.1) is 0 Å². The molecule has 72 valence electrons. The fraction of sp³-hybridized carbons (Fsp3) is 0. The molecule has 0 spiro atoms. The van der Waals surface area contributed by atoms with E-state index in [2.05, 4.69) is 25.4 Å². The van der Waals surface area contributed by atoms with Crippen molar-refractivity contribution >= 4 is 11.6 Å². The third-order valence-electron chi connectivity index (χ3n) is 2.11. The topological polar surface area (TPSA) is 101 Å². The Kier molecular flexibility index (Phi) is 1.34. The Morgan fingerprint density at radius 3 is 1.73 bits per heavy atom. The zero-order valence-electron chi connectivity index (χ0n) is 7.26. The highest BCUT2D eigenvalue weighted by molar-refractivity contribution is 6.25. The van der Waals surface area contributed by atoms with Gasteiger partial charge in [0.1, 0.15) is 11.4 Å². The van der Waals surface area contributed by atoms with E-state index in [0.29, 0.717) is 0 Å². The Hall–Kier alpha value is -2.44. The molecule has 7 heteroatoms. The van der Waals surface area contributed by atoms with Crippen LogP contribution in [0.5, 0.6) is 0 Å². The predicted molar refractivity (Wildman–Crippen MR) is 45.3 cm³/mol. The monoisotopic (exact) mass is 201 g/mol. The number of H-pyrrole nitrogens is 1.